The van der Waals surface area contributed by atoms with Gasteiger partial charge in [-0.05, 0) is 27.6 Å². The SMILES string of the molecule is CC(Cn1nnnc1-c1ccc2c(c1)COC2)C(=O)O. The van der Waals surface area contributed by atoms with Crippen LogP contribution in [0.5, 0.6) is 0 Å². The van der Waals surface area contributed by atoms with E-state index in [1.54, 1.807) is 6.92 Å². The lowest BCUT2D eigenvalue weighted by Crippen LogP contribution is -2.18. The molecular formula is C13H14N4O3. The first-order valence-electron chi connectivity index (χ1n) is 6.34. The molecule has 1 aromatic carbocycles. The van der Waals surface area contributed by atoms with Crippen LogP contribution in [0.4, 0.5) is 0 Å². The maximum Gasteiger partial charge on any atom is 0.308 e. The van der Waals surface area contributed by atoms with Gasteiger partial charge in [0.2, 0.25) is 0 Å². The largest absolute Gasteiger partial charge is 0.481 e. The molecule has 104 valence electrons. The molecule has 7 heteroatoms. The molecule has 1 aliphatic rings. The van der Waals surface area contributed by atoms with Crippen molar-refractivity contribution in [2.45, 2.75) is 26.7 Å². The number of fused-ring (bicyclic) bond motifs is 1. The number of tetrazole rings is 1. The number of carbonyl (C=O) groups is 1. The fraction of sp³-hybridized carbons (Fsp3) is 0.385. The van der Waals surface area contributed by atoms with E-state index in [0.29, 0.717) is 19.0 Å². The third-order valence-corrected chi connectivity index (χ3v) is 3.38. The van der Waals surface area contributed by atoms with Gasteiger partial charge >= 0.3 is 5.97 Å². The second kappa shape index (κ2) is 5.01. The van der Waals surface area contributed by atoms with E-state index >= 15 is 0 Å². The van der Waals surface area contributed by atoms with Crippen LogP contribution in [0.2, 0.25) is 0 Å². The lowest BCUT2D eigenvalue weighted by atomic mass is 10.1. The first-order valence-corrected chi connectivity index (χ1v) is 6.34. The molecular weight excluding hydrogens is 260 g/mol. The smallest absolute Gasteiger partial charge is 0.308 e. The van der Waals surface area contributed by atoms with Crippen molar-refractivity contribution in [3.05, 3.63) is 29.3 Å². The van der Waals surface area contributed by atoms with Gasteiger partial charge in [0.25, 0.3) is 0 Å². The van der Waals surface area contributed by atoms with E-state index in [2.05, 4.69) is 15.5 Å². The van der Waals surface area contributed by atoms with Crippen molar-refractivity contribution in [1.29, 1.82) is 0 Å². The molecule has 0 aliphatic carbocycles. The van der Waals surface area contributed by atoms with Crippen LogP contribution >= 0.6 is 0 Å². The van der Waals surface area contributed by atoms with Crippen LogP contribution in [0.25, 0.3) is 11.4 Å². The number of benzene rings is 1. The summed E-state index contributed by atoms with van der Waals surface area (Å²) in [6, 6.07) is 5.93. The molecule has 0 saturated carbocycles. The lowest BCUT2D eigenvalue weighted by Gasteiger charge is -2.08. The Morgan fingerprint density at radius 2 is 2.25 bits per heavy atom. The van der Waals surface area contributed by atoms with Crippen LogP contribution in [-0.2, 0) is 29.3 Å². The number of carboxylic acids is 1. The van der Waals surface area contributed by atoms with Gasteiger partial charge in [0.05, 0.1) is 25.7 Å². The number of ether oxygens (including phenoxy) is 1. The van der Waals surface area contributed by atoms with Gasteiger partial charge in [-0.25, -0.2) is 4.68 Å². The van der Waals surface area contributed by atoms with Crippen molar-refractivity contribution in [3.8, 4) is 11.4 Å². The first-order chi connectivity index (χ1) is 9.65. The highest BCUT2D eigenvalue weighted by Crippen LogP contribution is 2.25. The first kappa shape index (κ1) is 12.7. The summed E-state index contributed by atoms with van der Waals surface area (Å²) in [5.74, 6) is -0.836. The quantitative estimate of drug-likeness (QED) is 0.897. The van der Waals surface area contributed by atoms with Gasteiger partial charge in [0.15, 0.2) is 5.82 Å². The van der Waals surface area contributed by atoms with Gasteiger partial charge in [-0.15, -0.1) is 5.10 Å². The van der Waals surface area contributed by atoms with Crippen LogP contribution in [0.1, 0.15) is 18.1 Å². The second-order valence-electron chi connectivity index (χ2n) is 4.90. The summed E-state index contributed by atoms with van der Waals surface area (Å²) < 4.78 is 6.90. The summed E-state index contributed by atoms with van der Waals surface area (Å²) in [7, 11) is 0. The van der Waals surface area contributed by atoms with Crippen molar-refractivity contribution < 1.29 is 14.6 Å². The summed E-state index contributed by atoms with van der Waals surface area (Å²) >= 11 is 0. The molecule has 0 saturated heterocycles. The third kappa shape index (κ3) is 2.27. The maximum atomic E-state index is 10.9. The zero-order chi connectivity index (χ0) is 14.1. The third-order valence-electron chi connectivity index (χ3n) is 3.38. The van der Waals surface area contributed by atoms with Gasteiger partial charge in [0, 0.05) is 5.56 Å². The minimum absolute atomic E-state index is 0.241. The standard InChI is InChI=1S/C13H14N4O3/c1-8(13(18)19)5-17-12(14-15-16-17)9-2-3-10-6-20-7-11(10)4-9/h2-4,8H,5-7H2,1H3,(H,18,19). The number of aromatic nitrogens is 4. The highest BCUT2D eigenvalue weighted by Gasteiger charge is 2.18. The predicted molar refractivity (Wildman–Crippen MR) is 68.5 cm³/mol. The molecule has 0 bridgehead atoms. The molecule has 2 aromatic rings. The van der Waals surface area contributed by atoms with E-state index in [1.807, 2.05) is 18.2 Å². The monoisotopic (exact) mass is 274 g/mol. The van der Waals surface area contributed by atoms with E-state index in [1.165, 1.54) is 10.2 Å². The number of rotatable bonds is 4. The molecule has 0 fully saturated rings. The van der Waals surface area contributed by atoms with Crippen molar-refractivity contribution in [2.24, 2.45) is 5.92 Å². The Labute approximate surface area is 115 Å². The second-order valence-corrected chi connectivity index (χ2v) is 4.90. The number of nitrogens with zero attached hydrogens (tertiary/aromatic N) is 4. The Morgan fingerprint density at radius 1 is 1.45 bits per heavy atom. The van der Waals surface area contributed by atoms with Crippen LogP contribution in [0, 0.1) is 5.92 Å². The van der Waals surface area contributed by atoms with Crippen LogP contribution in [0.15, 0.2) is 18.2 Å². The van der Waals surface area contributed by atoms with Gasteiger partial charge in [-0.2, -0.15) is 0 Å². The van der Waals surface area contributed by atoms with E-state index in [9.17, 15) is 4.79 Å². The molecule has 1 N–H and O–H groups in total. The van der Waals surface area contributed by atoms with Crippen molar-refractivity contribution in [2.75, 3.05) is 0 Å². The summed E-state index contributed by atoms with van der Waals surface area (Å²) in [6.45, 7) is 3.10. The van der Waals surface area contributed by atoms with Crippen LogP contribution in [0.3, 0.4) is 0 Å². The summed E-state index contributed by atoms with van der Waals surface area (Å²) in [6.07, 6.45) is 0. The Hall–Kier alpha value is -2.28. The maximum absolute atomic E-state index is 10.9. The van der Waals surface area contributed by atoms with Crippen molar-refractivity contribution in [3.63, 3.8) is 0 Å². The molecule has 1 atom stereocenters. The number of hydrogen-bond donors (Lipinski definition) is 1. The fourth-order valence-corrected chi connectivity index (χ4v) is 2.18. The number of hydrogen-bond acceptors (Lipinski definition) is 5. The van der Waals surface area contributed by atoms with E-state index < -0.39 is 11.9 Å². The summed E-state index contributed by atoms with van der Waals surface area (Å²) in [5, 5.41) is 20.5. The van der Waals surface area contributed by atoms with Crippen LogP contribution in [-0.4, -0.2) is 31.3 Å². The minimum Gasteiger partial charge on any atom is -0.481 e. The van der Waals surface area contributed by atoms with Gasteiger partial charge in [-0.3, -0.25) is 4.79 Å². The molecule has 1 aromatic heterocycles. The average Bonchev–Trinajstić information content (AvgIpc) is 3.05. The molecule has 0 spiro atoms. The molecule has 2 heterocycles. The molecule has 7 nitrogen and oxygen atoms in total. The van der Waals surface area contributed by atoms with Crippen molar-refractivity contribution >= 4 is 5.97 Å². The Kier molecular flexibility index (Phi) is 3.19. The van der Waals surface area contributed by atoms with E-state index in [-0.39, 0.29) is 6.54 Å². The highest BCUT2D eigenvalue weighted by atomic mass is 16.5. The molecule has 3 rings (SSSR count). The van der Waals surface area contributed by atoms with Crippen molar-refractivity contribution in [1.82, 2.24) is 20.2 Å². The van der Waals surface area contributed by atoms with Gasteiger partial charge in [-0.1, -0.05) is 19.1 Å². The highest BCUT2D eigenvalue weighted by molar-refractivity contribution is 5.69. The van der Waals surface area contributed by atoms with Gasteiger partial charge < -0.3 is 9.84 Å². The van der Waals surface area contributed by atoms with E-state index in [4.69, 9.17) is 9.84 Å². The molecule has 20 heavy (non-hydrogen) atoms. The molecule has 1 aliphatic heterocycles. The number of aliphatic carboxylic acids is 1. The Balaban J connectivity index is 1.91. The lowest BCUT2D eigenvalue weighted by molar-refractivity contribution is -0.141. The topological polar surface area (TPSA) is 90.1 Å². The fourth-order valence-electron chi connectivity index (χ4n) is 2.18. The Bertz CT molecular complexity index is 653. The zero-order valence-electron chi connectivity index (χ0n) is 11.0. The number of carboxylic acid groups (broad SMARTS) is 1. The Morgan fingerprint density at radius 3 is 3.05 bits per heavy atom. The van der Waals surface area contributed by atoms with E-state index in [0.717, 1.165) is 11.1 Å². The minimum atomic E-state index is -0.867. The predicted octanol–water partition coefficient (Wildman–Crippen LogP) is 1.09. The summed E-state index contributed by atoms with van der Waals surface area (Å²) in [4.78, 5) is 10.9. The molecule has 0 amide bonds. The average molecular weight is 274 g/mol. The molecule has 1 unspecified atom stereocenters. The normalized spacial score (nSPS) is 15.1. The molecule has 0 radical (unpaired) electrons. The van der Waals surface area contributed by atoms with Gasteiger partial charge in [0.1, 0.15) is 0 Å². The van der Waals surface area contributed by atoms with Crippen LogP contribution < -0.4 is 0 Å². The zero-order valence-corrected chi connectivity index (χ0v) is 11.0. The summed E-state index contributed by atoms with van der Waals surface area (Å²) in [5.41, 5.74) is 3.17.